The number of phenolic OH excluding ortho intramolecular Hbond substituents is 1. The van der Waals surface area contributed by atoms with Crippen LogP contribution in [-0.4, -0.2) is 50.5 Å². The van der Waals surface area contributed by atoms with E-state index in [1.54, 1.807) is 26.4 Å². The van der Waals surface area contributed by atoms with Crippen LogP contribution in [0.1, 0.15) is 54.9 Å². The first-order chi connectivity index (χ1) is 19.4. The van der Waals surface area contributed by atoms with Crippen LogP contribution in [0.3, 0.4) is 0 Å². The zero-order chi connectivity index (χ0) is 28.2. The number of nitrogen functional groups attached to an aromatic ring is 1. The van der Waals surface area contributed by atoms with E-state index in [1.807, 2.05) is 18.2 Å². The van der Waals surface area contributed by atoms with Gasteiger partial charge in [0, 0.05) is 18.5 Å². The van der Waals surface area contributed by atoms with Crippen LogP contribution in [0.25, 0.3) is 11.1 Å². The summed E-state index contributed by atoms with van der Waals surface area (Å²) in [5, 5.41) is 11.1. The molecule has 214 valence electrons. The van der Waals surface area contributed by atoms with E-state index < -0.39 is 5.82 Å². The van der Waals surface area contributed by atoms with Gasteiger partial charge in [0.1, 0.15) is 12.4 Å². The lowest BCUT2D eigenvalue weighted by atomic mass is 9.83. The third-order valence-corrected chi connectivity index (χ3v) is 8.52. The Morgan fingerprint density at radius 3 is 2.50 bits per heavy atom. The fourth-order valence-corrected chi connectivity index (χ4v) is 6.14. The van der Waals surface area contributed by atoms with E-state index in [0.29, 0.717) is 30.2 Å². The second kappa shape index (κ2) is 12.4. The Labute approximate surface area is 236 Å². The van der Waals surface area contributed by atoms with E-state index in [9.17, 15) is 5.11 Å². The van der Waals surface area contributed by atoms with Crippen molar-refractivity contribution in [2.45, 2.75) is 51.9 Å². The molecule has 0 unspecified atom stereocenters. The van der Waals surface area contributed by atoms with Crippen molar-refractivity contribution in [3.63, 3.8) is 0 Å². The molecule has 6 nitrogen and oxygen atoms in total. The smallest absolute Gasteiger partial charge is 0.184 e. The highest BCUT2D eigenvalue weighted by Gasteiger charge is 2.25. The summed E-state index contributed by atoms with van der Waals surface area (Å²) < 4.78 is 32.2. The molecule has 3 aromatic carbocycles. The second-order valence-corrected chi connectivity index (χ2v) is 11.2. The lowest BCUT2D eigenvalue weighted by Gasteiger charge is -2.29. The molecular weight excluding hydrogens is 507 g/mol. The van der Waals surface area contributed by atoms with Gasteiger partial charge in [-0.3, -0.25) is 4.90 Å². The number of aromatic hydroxyl groups is 1. The number of hydrogen-bond donors (Lipinski definition) is 2. The largest absolute Gasteiger partial charge is 0.507 e. The van der Waals surface area contributed by atoms with Gasteiger partial charge in [-0.2, -0.15) is 0 Å². The minimum atomic E-state index is -0.398. The van der Waals surface area contributed by atoms with Crippen LogP contribution < -0.4 is 19.9 Å². The molecule has 0 saturated carbocycles. The van der Waals surface area contributed by atoms with Gasteiger partial charge < -0.3 is 25.1 Å². The number of anilines is 1. The molecule has 0 aromatic heterocycles. The van der Waals surface area contributed by atoms with Crippen molar-refractivity contribution >= 4 is 5.69 Å². The van der Waals surface area contributed by atoms with Crippen LogP contribution in [-0.2, 0) is 19.3 Å². The standard InChI is InChI=1S/C33H41FN2O4/c1-21-12-14-36(15-13-21)16-17-40-29-11-8-22(19-27(29)34)18-26-25(20-30(38-2)33(39-3)32(26)35)31-24-7-5-4-6-23(24)9-10-28(31)37/h8-11,19-21,37H,4-7,12-18,35H2,1-3H3. The third kappa shape index (κ3) is 5.85. The van der Waals surface area contributed by atoms with Crippen molar-refractivity contribution < 1.29 is 23.7 Å². The summed E-state index contributed by atoms with van der Waals surface area (Å²) in [6.45, 7) is 5.68. The lowest BCUT2D eigenvalue weighted by molar-refractivity contribution is 0.158. The van der Waals surface area contributed by atoms with E-state index in [1.165, 1.54) is 24.5 Å². The molecule has 1 fully saturated rings. The minimum absolute atomic E-state index is 0.201. The fourth-order valence-electron chi connectivity index (χ4n) is 6.14. The summed E-state index contributed by atoms with van der Waals surface area (Å²) in [6.07, 6.45) is 6.80. The van der Waals surface area contributed by atoms with Gasteiger partial charge in [0.15, 0.2) is 23.1 Å². The van der Waals surface area contributed by atoms with E-state index in [2.05, 4.69) is 11.8 Å². The number of nitrogens with two attached hydrogens (primary N) is 1. The second-order valence-electron chi connectivity index (χ2n) is 11.2. The number of rotatable bonds is 9. The number of aryl methyl sites for hydroxylation is 1. The molecule has 3 aromatic rings. The Kier molecular flexibility index (Phi) is 8.69. The Hall–Kier alpha value is -3.45. The Bertz CT molecular complexity index is 1350. The Morgan fingerprint density at radius 1 is 1.00 bits per heavy atom. The molecule has 0 atom stereocenters. The number of methoxy groups -OCH3 is 2. The Balaban J connectivity index is 1.44. The van der Waals surface area contributed by atoms with Gasteiger partial charge in [0.25, 0.3) is 0 Å². The van der Waals surface area contributed by atoms with Gasteiger partial charge in [-0.15, -0.1) is 0 Å². The number of benzene rings is 3. The van der Waals surface area contributed by atoms with Crippen molar-refractivity contribution in [2.24, 2.45) is 5.92 Å². The maximum absolute atomic E-state index is 15.2. The van der Waals surface area contributed by atoms with E-state index in [4.69, 9.17) is 19.9 Å². The first-order valence-electron chi connectivity index (χ1n) is 14.4. The number of nitrogens with zero attached hydrogens (tertiary/aromatic N) is 1. The topological polar surface area (TPSA) is 77.2 Å². The summed E-state index contributed by atoms with van der Waals surface area (Å²) in [5.74, 6) is 1.75. The SMILES string of the molecule is COc1cc(-c2c(O)ccc3c2CCCC3)c(Cc2ccc(OCCN3CCC(C)CC3)c(F)c2)c(N)c1OC. The molecule has 1 aliphatic heterocycles. The average molecular weight is 549 g/mol. The van der Waals surface area contributed by atoms with E-state index >= 15 is 4.39 Å². The maximum atomic E-state index is 15.2. The molecule has 0 radical (unpaired) electrons. The molecule has 0 amide bonds. The van der Waals surface area contributed by atoms with Crippen molar-refractivity contribution in [3.05, 3.63) is 64.5 Å². The van der Waals surface area contributed by atoms with Crippen molar-refractivity contribution in [1.29, 1.82) is 0 Å². The molecule has 0 spiro atoms. The summed E-state index contributed by atoms with van der Waals surface area (Å²) in [7, 11) is 3.12. The molecule has 3 N–H and O–H groups in total. The van der Waals surface area contributed by atoms with E-state index in [-0.39, 0.29) is 11.5 Å². The van der Waals surface area contributed by atoms with Gasteiger partial charge in [0.05, 0.1) is 19.9 Å². The third-order valence-electron chi connectivity index (χ3n) is 8.52. The van der Waals surface area contributed by atoms with Gasteiger partial charge in [-0.25, -0.2) is 4.39 Å². The monoisotopic (exact) mass is 548 g/mol. The number of hydrogen-bond acceptors (Lipinski definition) is 6. The van der Waals surface area contributed by atoms with E-state index in [0.717, 1.165) is 79.1 Å². The minimum Gasteiger partial charge on any atom is -0.507 e. The highest BCUT2D eigenvalue weighted by atomic mass is 19.1. The van der Waals surface area contributed by atoms with Crippen LogP contribution in [0.5, 0.6) is 23.0 Å². The number of ether oxygens (including phenoxy) is 3. The maximum Gasteiger partial charge on any atom is 0.184 e. The lowest BCUT2D eigenvalue weighted by Crippen LogP contribution is -2.35. The molecule has 2 aliphatic rings. The predicted octanol–water partition coefficient (Wildman–Crippen LogP) is 6.38. The average Bonchev–Trinajstić information content (AvgIpc) is 2.96. The molecular formula is C33H41FN2O4. The molecule has 1 heterocycles. The zero-order valence-corrected chi connectivity index (χ0v) is 23.9. The normalized spacial score (nSPS) is 16.0. The van der Waals surface area contributed by atoms with Crippen LogP contribution in [0.2, 0.25) is 0 Å². The highest BCUT2D eigenvalue weighted by molar-refractivity contribution is 5.85. The molecule has 5 rings (SSSR count). The number of fused-ring (bicyclic) bond motifs is 1. The first-order valence-corrected chi connectivity index (χ1v) is 14.4. The van der Waals surface area contributed by atoms with Crippen LogP contribution in [0.4, 0.5) is 10.1 Å². The van der Waals surface area contributed by atoms with Gasteiger partial charge in [-0.1, -0.05) is 19.1 Å². The van der Waals surface area contributed by atoms with Crippen LogP contribution in [0.15, 0.2) is 36.4 Å². The fraction of sp³-hybridized carbons (Fsp3) is 0.455. The molecule has 1 saturated heterocycles. The molecule has 40 heavy (non-hydrogen) atoms. The van der Waals surface area contributed by atoms with Gasteiger partial charge >= 0.3 is 0 Å². The highest BCUT2D eigenvalue weighted by Crippen LogP contribution is 2.47. The summed E-state index contributed by atoms with van der Waals surface area (Å²) in [5.41, 5.74) is 12.5. The van der Waals surface area contributed by atoms with Crippen molar-refractivity contribution in [3.8, 4) is 34.1 Å². The summed E-state index contributed by atoms with van der Waals surface area (Å²) in [4.78, 5) is 2.38. The summed E-state index contributed by atoms with van der Waals surface area (Å²) >= 11 is 0. The number of likely N-dealkylation sites (tertiary alicyclic amines) is 1. The van der Waals surface area contributed by atoms with Crippen molar-refractivity contribution in [1.82, 2.24) is 4.90 Å². The molecule has 0 bridgehead atoms. The van der Waals surface area contributed by atoms with Crippen LogP contribution >= 0.6 is 0 Å². The summed E-state index contributed by atoms with van der Waals surface area (Å²) in [6, 6.07) is 10.7. The zero-order valence-electron chi connectivity index (χ0n) is 23.9. The first kappa shape index (κ1) is 28.1. The van der Waals surface area contributed by atoms with Gasteiger partial charge in [0.2, 0.25) is 0 Å². The quantitative estimate of drug-likeness (QED) is 0.302. The number of halogens is 1. The van der Waals surface area contributed by atoms with Gasteiger partial charge in [-0.05, 0) is 110 Å². The molecule has 1 aliphatic carbocycles. The number of piperidine rings is 1. The Morgan fingerprint density at radius 2 is 1.77 bits per heavy atom. The van der Waals surface area contributed by atoms with Crippen molar-refractivity contribution in [2.75, 3.05) is 46.2 Å². The predicted molar refractivity (Wildman–Crippen MR) is 157 cm³/mol. The van der Waals surface area contributed by atoms with Crippen LogP contribution in [0, 0.1) is 11.7 Å². The number of phenols is 1. The molecule has 7 heteroatoms.